The Balaban J connectivity index is 2.66. The molecule has 0 bridgehead atoms. The largest absolute Gasteiger partial charge is 0.405 e. The smallest absolute Gasteiger partial charge is 0.345 e. The molecule has 0 aromatic heterocycles. The van der Waals surface area contributed by atoms with Crippen LogP contribution in [0.2, 0.25) is 0 Å². The van der Waals surface area contributed by atoms with Crippen LogP contribution >= 0.6 is 0 Å². The molecule has 2 N–H and O–H groups in total. The second-order valence-electron chi connectivity index (χ2n) is 5.64. The van der Waals surface area contributed by atoms with Crippen molar-refractivity contribution in [1.29, 1.82) is 0 Å². The number of carbonyl (C=O) groups excluding carboxylic acids is 3. The van der Waals surface area contributed by atoms with Gasteiger partial charge in [-0.25, -0.2) is 4.79 Å². The topological polar surface area (TPSA) is 78.5 Å². The molecule has 1 aliphatic heterocycles. The van der Waals surface area contributed by atoms with Crippen molar-refractivity contribution in [3.05, 3.63) is 0 Å². The number of hydrogen-bond acceptors (Lipinski definition) is 3. The van der Waals surface area contributed by atoms with Gasteiger partial charge in [-0.1, -0.05) is 13.8 Å². The zero-order valence-corrected chi connectivity index (χ0v) is 12.0. The van der Waals surface area contributed by atoms with Gasteiger partial charge in [0.1, 0.15) is 18.6 Å². The lowest BCUT2D eigenvalue weighted by Gasteiger charge is -2.23. The maximum Gasteiger partial charge on any atom is 0.405 e. The highest BCUT2D eigenvalue weighted by Crippen LogP contribution is 2.24. The predicted octanol–water partition coefficient (Wildman–Crippen LogP) is 1.02. The minimum absolute atomic E-state index is 0.123. The van der Waals surface area contributed by atoms with E-state index in [9.17, 15) is 27.6 Å². The van der Waals surface area contributed by atoms with Gasteiger partial charge in [0, 0.05) is 0 Å². The Bertz CT molecular complexity index is 451. The maximum atomic E-state index is 12.2. The number of hydrogen-bond donors (Lipinski definition) is 2. The van der Waals surface area contributed by atoms with Crippen LogP contribution in [0.3, 0.4) is 0 Å². The lowest BCUT2D eigenvalue weighted by atomic mass is 9.91. The van der Waals surface area contributed by atoms with Crippen molar-refractivity contribution in [2.45, 2.75) is 38.9 Å². The normalized spacial score (nSPS) is 22.7. The molecule has 1 heterocycles. The third-order valence-corrected chi connectivity index (χ3v) is 2.95. The van der Waals surface area contributed by atoms with Gasteiger partial charge in [-0.3, -0.25) is 14.5 Å². The molecule has 1 atom stereocenters. The van der Waals surface area contributed by atoms with E-state index in [2.05, 4.69) is 5.32 Å². The summed E-state index contributed by atoms with van der Waals surface area (Å²) in [5.74, 6) is -1.52. The van der Waals surface area contributed by atoms with Crippen LogP contribution in [-0.4, -0.2) is 47.6 Å². The van der Waals surface area contributed by atoms with Crippen molar-refractivity contribution in [1.82, 2.24) is 15.5 Å². The second-order valence-corrected chi connectivity index (χ2v) is 5.64. The van der Waals surface area contributed by atoms with Crippen molar-refractivity contribution in [3.63, 3.8) is 0 Å². The molecule has 0 saturated carbocycles. The average molecular weight is 309 g/mol. The zero-order valence-electron chi connectivity index (χ0n) is 12.0. The number of imide groups is 1. The molecular weight excluding hydrogens is 291 g/mol. The molecule has 6 nitrogen and oxygen atoms in total. The number of halogens is 3. The third-order valence-electron chi connectivity index (χ3n) is 2.95. The fraction of sp³-hybridized carbons (Fsp3) is 0.750. The quantitative estimate of drug-likeness (QED) is 0.744. The number of alkyl halides is 3. The number of nitrogens with zero attached hydrogens (tertiary/aromatic N) is 1. The van der Waals surface area contributed by atoms with E-state index in [4.69, 9.17) is 0 Å². The SMILES string of the molecule is CC(C)C[C@]1(C)NC(=O)N(CC(=O)NCC(F)(F)F)C1=O. The summed E-state index contributed by atoms with van der Waals surface area (Å²) < 4.78 is 35.9. The van der Waals surface area contributed by atoms with E-state index in [0.29, 0.717) is 11.3 Å². The first-order valence-corrected chi connectivity index (χ1v) is 6.42. The number of nitrogens with one attached hydrogen (secondary N) is 2. The van der Waals surface area contributed by atoms with Crippen LogP contribution in [0.5, 0.6) is 0 Å². The summed E-state index contributed by atoms with van der Waals surface area (Å²) in [7, 11) is 0. The lowest BCUT2D eigenvalue weighted by Crippen LogP contribution is -2.46. The van der Waals surface area contributed by atoms with E-state index in [-0.39, 0.29) is 5.92 Å². The van der Waals surface area contributed by atoms with Crippen LogP contribution in [-0.2, 0) is 9.59 Å². The van der Waals surface area contributed by atoms with Gasteiger partial charge in [0.25, 0.3) is 5.91 Å². The maximum absolute atomic E-state index is 12.2. The standard InChI is InChI=1S/C12H18F3N3O3/c1-7(2)4-11(3)9(20)18(10(21)17-11)5-8(19)16-6-12(13,14)15/h7H,4-6H2,1-3H3,(H,16,19)(H,17,21)/t11-/m0/s1. The van der Waals surface area contributed by atoms with Gasteiger partial charge in [-0.2, -0.15) is 13.2 Å². The summed E-state index contributed by atoms with van der Waals surface area (Å²) >= 11 is 0. The molecule has 0 spiro atoms. The first-order chi connectivity index (χ1) is 9.44. The fourth-order valence-electron chi connectivity index (χ4n) is 2.24. The van der Waals surface area contributed by atoms with Crippen molar-refractivity contribution in [2.24, 2.45) is 5.92 Å². The van der Waals surface area contributed by atoms with Crippen LogP contribution in [0.15, 0.2) is 0 Å². The molecule has 4 amide bonds. The van der Waals surface area contributed by atoms with Gasteiger partial charge >= 0.3 is 12.2 Å². The molecule has 1 rings (SSSR count). The molecule has 0 aliphatic carbocycles. The third kappa shape index (κ3) is 4.61. The Labute approximate surface area is 120 Å². The average Bonchev–Trinajstić information content (AvgIpc) is 2.48. The van der Waals surface area contributed by atoms with Gasteiger partial charge in [-0.15, -0.1) is 0 Å². The molecule has 120 valence electrons. The van der Waals surface area contributed by atoms with Crippen LogP contribution < -0.4 is 10.6 Å². The van der Waals surface area contributed by atoms with E-state index in [0.717, 1.165) is 0 Å². The highest BCUT2D eigenvalue weighted by molar-refractivity contribution is 6.08. The summed E-state index contributed by atoms with van der Waals surface area (Å²) in [5, 5.41) is 4.10. The molecule has 21 heavy (non-hydrogen) atoms. The Morgan fingerprint density at radius 1 is 1.38 bits per heavy atom. The summed E-state index contributed by atoms with van der Waals surface area (Å²) in [6, 6.07) is -0.773. The minimum atomic E-state index is -4.54. The number of carbonyl (C=O) groups is 3. The van der Waals surface area contributed by atoms with E-state index in [1.54, 1.807) is 5.32 Å². The number of amides is 4. The van der Waals surface area contributed by atoms with Crippen molar-refractivity contribution in [2.75, 3.05) is 13.1 Å². The Morgan fingerprint density at radius 2 is 1.95 bits per heavy atom. The van der Waals surface area contributed by atoms with Gasteiger partial charge < -0.3 is 10.6 Å². The Kier molecular flexibility index (Phi) is 4.85. The molecule has 0 aromatic rings. The summed E-state index contributed by atoms with van der Waals surface area (Å²) in [5.41, 5.74) is -1.13. The van der Waals surface area contributed by atoms with Crippen LogP contribution in [0, 0.1) is 5.92 Å². The van der Waals surface area contributed by atoms with E-state index >= 15 is 0 Å². The predicted molar refractivity (Wildman–Crippen MR) is 67.2 cm³/mol. The van der Waals surface area contributed by atoms with Crippen LogP contribution in [0.1, 0.15) is 27.2 Å². The second kappa shape index (κ2) is 5.90. The Morgan fingerprint density at radius 3 is 2.43 bits per heavy atom. The molecule has 1 saturated heterocycles. The lowest BCUT2D eigenvalue weighted by molar-refractivity contribution is -0.141. The summed E-state index contributed by atoms with van der Waals surface area (Å²) in [6.07, 6.45) is -4.17. The van der Waals surface area contributed by atoms with E-state index in [1.807, 2.05) is 13.8 Å². The fourth-order valence-corrected chi connectivity index (χ4v) is 2.24. The van der Waals surface area contributed by atoms with Crippen molar-refractivity contribution in [3.8, 4) is 0 Å². The van der Waals surface area contributed by atoms with Gasteiger partial charge in [-0.05, 0) is 19.3 Å². The zero-order chi connectivity index (χ0) is 16.4. The molecule has 0 unspecified atom stereocenters. The van der Waals surface area contributed by atoms with E-state index < -0.39 is 42.7 Å². The number of urea groups is 1. The molecular formula is C12H18F3N3O3. The van der Waals surface area contributed by atoms with Gasteiger partial charge in [0.2, 0.25) is 5.91 Å². The molecule has 1 fully saturated rings. The van der Waals surface area contributed by atoms with Crippen molar-refractivity contribution < 1.29 is 27.6 Å². The summed E-state index contributed by atoms with van der Waals surface area (Å²) in [4.78, 5) is 35.9. The first-order valence-electron chi connectivity index (χ1n) is 6.42. The first kappa shape index (κ1) is 17.3. The highest BCUT2D eigenvalue weighted by atomic mass is 19.4. The monoisotopic (exact) mass is 309 g/mol. The van der Waals surface area contributed by atoms with Crippen molar-refractivity contribution >= 4 is 17.8 Å². The summed E-state index contributed by atoms with van der Waals surface area (Å²) in [6.45, 7) is 3.03. The van der Waals surface area contributed by atoms with Gasteiger partial charge in [0.15, 0.2) is 0 Å². The van der Waals surface area contributed by atoms with Crippen LogP contribution in [0.4, 0.5) is 18.0 Å². The van der Waals surface area contributed by atoms with Gasteiger partial charge in [0.05, 0.1) is 0 Å². The minimum Gasteiger partial charge on any atom is -0.345 e. The molecule has 9 heteroatoms. The molecule has 0 aromatic carbocycles. The Hall–Kier alpha value is -1.80. The van der Waals surface area contributed by atoms with E-state index in [1.165, 1.54) is 6.92 Å². The number of rotatable bonds is 5. The molecule has 0 radical (unpaired) electrons. The molecule has 1 aliphatic rings. The highest BCUT2D eigenvalue weighted by Gasteiger charge is 2.48. The van der Waals surface area contributed by atoms with Crippen LogP contribution in [0.25, 0.3) is 0 Å².